The van der Waals surface area contributed by atoms with Gasteiger partial charge in [0.1, 0.15) is 11.0 Å². The van der Waals surface area contributed by atoms with Crippen molar-refractivity contribution in [1.29, 1.82) is 0 Å². The maximum atomic E-state index is 11.5. The van der Waals surface area contributed by atoms with Gasteiger partial charge in [-0.15, -0.1) is 10.2 Å². The molecule has 1 atom stereocenters. The molecule has 0 saturated carbocycles. The molecule has 10 heteroatoms. The summed E-state index contributed by atoms with van der Waals surface area (Å²) in [6, 6.07) is -2.16. The van der Waals surface area contributed by atoms with E-state index in [1.54, 1.807) is 0 Å². The minimum absolute atomic E-state index is 0.248. The third kappa shape index (κ3) is 4.87. The molecule has 0 radical (unpaired) electrons. The van der Waals surface area contributed by atoms with Gasteiger partial charge in [0.15, 0.2) is 0 Å². The van der Waals surface area contributed by atoms with Gasteiger partial charge in [-0.2, -0.15) is 0 Å². The summed E-state index contributed by atoms with van der Waals surface area (Å²) in [5, 5.41) is 21.7. The Morgan fingerprint density at radius 1 is 1.42 bits per heavy atom. The normalized spacial score (nSPS) is 11.6. The smallest absolute Gasteiger partial charge is 0.326 e. The van der Waals surface area contributed by atoms with E-state index in [4.69, 9.17) is 10.8 Å². The van der Waals surface area contributed by atoms with Crippen LogP contribution in [0.5, 0.6) is 0 Å². The lowest BCUT2D eigenvalue weighted by Crippen LogP contribution is -2.45. The van der Waals surface area contributed by atoms with Crippen molar-refractivity contribution in [2.24, 2.45) is 5.73 Å². The molecule has 9 nitrogen and oxygen atoms in total. The molecule has 5 N–H and O–H groups in total. The van der Waals surface area contributed by atoms with Crippen LogP contribution >= 0.6 is 11.3 Å². The van der Waals surface area contributed by atoms with Crippen LogP contribution in [0.25, 0.3) is 0 Å². The van der Waals surface area contributed by atoms with Crippen LogP contribution in [0.4, 0.5) is 9.93 Å². The quantitative estimate of drug-likeness (QED) is 0.557. The van der Waals surface area contributed by atoms with E-state index in [1.165, 1.54) is 11.3 Å². The lowest BCUT2D eigenvalue weighted by atomic mass is 10.2. The summed E-state index contributed by atoms with van der Waals surface area (Å²) >= 11 is 1.18. The average Bonchev–Trinajstić information content (AvgIpc) is 2.75. The summed E-state index contributed by atoms with van der Waals surface area (Å²) in [5.74, 6) is -2.17. The van der Waals surface area contributed by atoms with Crippen LogP contribution < -0.4 is 16.4 Å². The third-order valence-corrected chi connectivity index (χ3v) is 2.98. The number of nitrogens with one attached hydrogen (secondary N) is 2. The number of nitrogens with zero attached hydrogens (tertiary/aromatic N) is 2. The van der Waals surface area contributed by atoms with Gasteiger partial charge in [-0.1, -0.05) is 18.3 Å². The highest BCUT2D eigenvalue weighted by Gasteiger charge is 2.22. The van der Waals surface area contributed by atoms with E-state index in [0.717, 1.165) is 5.01 Å². The predicted octanol–water partition coefficient (Wildman–Crippen LogP) is -0.449. The number of rotatable bonds is 6. The fourth-order valence-corrected chi connectivity index (χ4v) is 1.81. The van der Waals surface area contributed by atoms with E-state index in [0.29, 0.717) is 6.42 Å². The number of carboxylic acids is 1. The van der Waals surface area contributed by atoms with Crippen LogP contribution in [0.3, 0.4) is 0 Å². The summed E-state index contributed by atoms with van der Waals surface area (Å²) in [4.78, 5) is 33.0. The average molecular weight is 287 g/mol. The van der Waals surface area contributed by atoms with Gasteiger partial charge < -0.3 is 16.2 Å². The maximum Gasteiger partial charge on any atom is 0.326 e. The molecule has 1 heterocycles. The number of urea groups is 1. The lowest BCUT2D eigenvalue weighted by molar-refractivity contribution is -0.140. The number of primary amides is 1. The van der Waals surface area contributed by atoms with Crippen LogP contribution in [-0.2, 0) is 16.0 Å². The van der Waals surface area contributed by atoms with E-state index >= 15 is 0 Å². The summed E-state index contributed by atoms with van der Waals surface area (Å²) in [5.41, 5.74) is 4.89. The Hall–Kier alpha value is -2.23. The van der Waals surface area contributed by atoms with Gasteiger partial charge in [-0.25, -0.2) is 9.59 Å². The fraction of sp³-hybridized carbons (Fsp3) is 0.444. The minimum atomic E-state index is -1.38. The maximum absolute atomic E-state index is 11.5. The highest BCUT2D eigenvalue weighted by molar-refractivity contribution is 7.15. The zero-order chi connectivity index (χ0) is 14.4. The molecule has 3 amide bonds. The molecule has 0 spiro atoms. The zero-order valence-corrected chi connectivity index (χ0v) is 10.9. The molecule has 0 aromatic carbocycles. The van der Waals surface area contributed by atoms with E-state index in [-0.39, 0.29) is 5.13 Å². The van der Waals surface area contributed by atoms with Crippen LogP contribution in [0.1, 0.15) is 18.4 Å². The molecule has 1 rings (SSSR count). The number of carboxylic acid groups (broad SMARTS) is 1. The Balaban J connectivity index is 2.57. The van der Waals surface area contributed by atoms with Gasteiger partial charge in [-0.05, 0) is 6.42 Å². The van der Waals surface area contributed by atoms with Crippen LogP contribution in [0.2, 0.25) is 0 Å². The molecular formula is C9H13N5O4S. The Labute approximate surface area is 112 Å². The van der Waals surface area contributed by atoms with Gasteiger partial charge in [0.05, 0.1) is 6.42 Å². The number of hydrogen-bond donors (Lipinski definition) is 4. The molecule has 1 aromatic heterocycles. The lowest BCUT2D eigenvalue weighted by Gasteiger charge is -2.12. The van der Waals surface area contributed by atoms with Gasteiger partial charge in [0.2, 0.25) is 11.0 Å². The summed E-state index contributed by atoms with van der Waals surface area (Å²) in [7, 11) is 0. The number of carbonyl (C=O) groups is 3. The molecule has 0 fully saturated rings. The molecule has 0 bridgehead atoms. The van der Waals surface area contributed by atoms with Gasteiger partial charge in [0, 0.05) is 0 Å². The summed E-state index contributed by atoms with van der Waals surface area (Å²) in [6.45, 7) is 1.89. The third-order valence-electron chi connectivity index (χ3n) is 2.00. The number of nitrogens with two attached hydrogens (primary N) is 1. The number of anilines is 1. The molecule has 0 aliphatic rings. The molecule has 0 saturated heterocycles. The highest BCUT2D eigenvalue weighted by Crippen LogP contribution is 2.14. The molecule has 1 aromatic rings. The predicted molar refractivity (Wildman–Crippen MR) is 66.7 cm³/mol. The first kappa shape index (κ1) is 14.8. The highest BCUT2D eigenvalue weighted by atomic mass is 32.1. The van der Waals surface area contributed by atoms with Gasteiger partial charge in [0.25, 0.3) is 0 Å². The Kier molecular flexibility index (Phi) is 5.18. The number of carbonyl (C=O) groups excluding carboxylic acids is 2. The first-order valence-corrected chi connectivity index (χ1v) is 6.15. The number of hydrogen-bond acceptors (Lipinski definition) is 6. The topological polar surface area (TPSA) is 147 Å². The summed E-state index contributed by atoms with van der Waals surface area (Å²) in [6.07, 6.45) is 0.194. The Morgan fingerprint density at radius 3 is 2.58 bits per heavy atom. The van der Waals surface area contributed by atoms with Crippen molar-refractivity contribution >= 4 is 34.4 Å². The van der Waals surface area contributed by atoms with Crippen LogP contribution in [0.15, 0.2) is 0 Å². The SMILES string of the molecule is CCc1nnc(NC(=O)N[C@H](CC(N)=O)C(=O)O)s1. The largest absolute Gasteiger partial charge is 0.480 e. The second-order valence-electron chi connectivity index (χ2n) is 3.51. The van der Waals surface area contributed by atoms with Crippen molar-refractivity contribution in [3.8, 4) is 0 Å². The van der Waals surface area contributed by atoms with E-state index in [9.17, 15) is 14.4 Å². The van der Waals surface area contributed by atoms with Crippen molar-refractivity contribution in [2.75, 3.05) is 5.32 Å². The molecule has 0 aliphatic heterocycles. The second kappa shape index (κ2) is 6.64. The standard InChI is InChI=1S/C9H13N5O4S/c1-2-6-13-14-9(19-6)12-8(18)11-4(7(16)17)3-5(10)15/h4H,2-3H2,1H3,(H2,10,15)(H,16,17)(H2,11,12,14,18)/t4-/m1/s1. The molecule has 19 heavy (non-hydrogen) atoms. The molecule has 0 unspecified atom stereocenters. The van der Waals surface area contributed by atoms with Crippen molar-refractivity contribution in [1.82, 2.24) is 15.5 Å². The van der Waals surface area contributed by atoms with Gasteiger partial charge in [-0.3, -0.25) is 10.1 Å². The monoisotopic (exact) mass is 287 g/mol. The van der Waals surface area contributed by atoms with E-state index < -0.39 is 30.4 Å². The van der Waals surface area contributed by atoms with E-state index in [2.05, 4.69) is 20.8 Å². The van der Waals surface area contributed by atoms with Crippen LogP contribution in [0, 0.1) is 0 Å². The summed E-state index contributed by atoms with van der Waals surface area (Å²) < 4.78 is 0. The minimum Gasteiger partial charge on any atom is -0.480 e. The number of amides is 3. The first-order chi connectivity index (χ1) is 8.92. The Morgan fingerprint density at radius 2 is 2.11 bits per heavy atom. The van der Waals surface area contributed by atoms with Crippen molar-refractivity contribution in [3.63, 3.8) is 0 Å². The first-order valence-electron chi connectivity index (χ1n) is 5.33. The van der Waals surface area contributed by atoms with Crippen molar-refractivity contribution in [3.05, 3.63) is 5.01 Å². The fourth-order valence-electron chi connectivity index (χ4n) is 1.14. The van der Waals surface area contributed by atoms with Crippen molar-refractivity contribution in [2.45, 2.75) is 25.8 Å². The molecule has 0 aliphatic carbocycles. The number of aliphatic carboxylic acids is 1. The van der Waals surface area contributed by atoms with Gasteiger partial charge >= 0.3 is 12.0 Å². The second-order valence-corrected chi connectivity index (χ2v) is 4.58. The Bertz CT molecular complexity index is 489. The van der Waals surface area contributed by atoms with Crippen molar-refractivity contribution < 1.29 is 19.5 Å². The number of aromatic nitrogens is 2. The van der Waals surface area contributed by atoms with E-state index in [1.807, 2.05) is 6.92 Å². The molecular weight excluding hydrogens is 274 g/mol. The zero-order valence-electron chi connectivity index (χ0n) is 10.0. The van der Waals surface area contributed by atoms with Crippen LogP contribution in [-0.4, -0.2) is 39.3 Å². The molecule has 104 valence electrons. The number of aryl methyl sites for hydroxylation is 1.